The van der Waals surface area contributed by atoms with Gasteiger partial charge in [-0.3, -0.25) is 9.59 Å². The van der Waals surface area contributed by atoms with Crippen molar-refractivity contribution >= 4 is 46.5 Å². The van der Waals surface area contributed by atoms with Crippen molar-refractivity contribution in [3.05, 3.63) is 82.9 Å². The van der Waals surface area contributed by atoms with E-state index >= 15 is 0 Å². The van der Waals surface area contributed by atoms with Crippen molar-refractivity contribution in [2.75, 3.05) is 24.6 Å². The largest absolute Gasteiger partial charge is 0.316 e. The van der Waals surface area contributed by atoms with E-state index in [9.17, 15) is 9.59 Å². The third-order valence-corrected chi connectivity index (χ3v) is 10.8. The van der Waals surface area contributed by atoms with Crippen molar-refractivity contribution in [2.24, 2.45) is 0 Å². The number of hydrogen-bond donors (Lipinski definition) is 0. The summed E-state index contributed by atoms with van der Waals surface area (Å²) in [5.74, 6) is 2.01. The summed E-state index contributed by atoms with van der Waals surface area (Å²) in [6.45, 7) is 5.58. The lowest BCUT2D eigenvalue weighted by Gasteiger charge is -2.50. The Morgan fingerprint density at radius 1 is 0.676 bits per heavy atom. The van der Waals surface area contributed by atoms with Gasteiger partial charge in [0.1, 0.15) is 0 Å². The Kier molecular flexibility index (Phi) is 5.23. The van der Waals surface area contributed by atoms with Gasteiger partial charge in [0.2, 0.25) is 0 Å². The number of rotatable bonds is 5. The first-order chi connectivity index (χ1) is 16.6. The molecule has 2 unspecified atom stereocenters. The first-order valence-corrected chi connectivity index (χ1v) is 14.1. The maximum atomic E-state index is 14.0. The van der Waals surface area contributed by atoms with Gasteiger partial charge in [0.15, 0.2) is 9.74 Å². The molecular weight excluding hydrogens is 460 g/mol. The molecule has 2 amide bonds. The smallest absolute Gasteiger partial charge is 0.251 e. The fourth-order valence-electron chi connectivity index (χ4n) is 6.40. The summed E-state index contributed by atoms with van der Waals surface area (Å²) in [6, 6.07) is 20.8. The average Bonchev–Trinajstić information content (AvgIpc) is 3.60. The number of hydrogen-bond acceptors (Lipinski definition) is 4. The van der Waals surface area contributed by atoms with Gasteiger partial charge in [-0.05, 0) is 24.0 Å². The fourth-order valence-corrected chi connectivity index (χ4v) is 10.1. The summed E-state index contributed by atoms with van der Waals surface area (Å²) in [7, 11) is 0. The molecule has 4 aliphatic rings. The van der Waals surface area contributed by atoms with Crippen LogP contribution >= 0.6 is 23.5 Å². The van der Waals surface area contributed by atoms with E-state index in [1.165, 1.54) is 0 Å². The molecule has 4 nitrogen and oxygen atoms in total. The normalized spacial score (nSPS) is 28.4. The molecule has 0 bridgehead atoms. The number of carbonyl (C=O) groups is 2. The summed E-state index contributed by atoms with van der Waals surface area (Å²) >= 11 is 3.72. The first-order valence-electron chi connectivity index (χ1n) is 12.1. The Bertz CT molecular complexity index is 1140. The van der Waals surface area contributed by atoms with E-state index in [2.05, 4.69) is 72.2 Å². The lowest BCUT2D eigenvalue weighted by atomic mass is 9.83. The Morgan fingerprint density at radius 2 is 1.06 bits per heavy atom. The molecule has 0 radical (unpaired) electrons. The molecule has 0 saturated carbocycles. The number of nitrogens with zero attached hydrogens (tertiary/aromatic N) is 2. The number of thioether (sulfide) groups is 2. The molecule has 2 fully saturated rings. The highest BCUT2D eigenvalue weighted by atomic mass is 32.2. The molecule has 0 N–H and O–H groups in total. The molecule has 0 spiro atoms. The predicted octanol–water partition coefficient (Wildman–Crippen LogP) is 5.28. The van der Waals surface area contributed by atoms with E-state index in [4.69, 9.17) is 0 Å². The second-order valence-electron chi connectivity index (χ2n) is 9.04. The molecule has 2 aromatic carbocycles. The molecule has 6 rings (SSSR count). The molecular formula is C28H28N2O2S2. The van der Waals surface area contributed by atoms with Gasteiger partial charge in [0, 0.05) is 46.9 Å². The Hall–Kier alpha value is -2.44. The number of carbonyl (C=O) groups excluding carboxylic acids is 2. The van der Waals surface area contributed by atoms with Crippen molar-refractivity contribution in [3.63, 3.8) is 0 Å². The number of benzene rings is 2. The zero-order valence-electron chi connectivity index (χ0n) is 19.5. The van der Waals surface area contributed by atoms with E-state index in [0.29, 0.717) is 25.9 Å². The molecule has 34 heavy (non-hydrogen) atoms. The standard InChI is InChI=1S/C28H28N2O2S2/c1-3-21-23(19-11-7-5-8-12-19)27(29(25(21)31)15-17-33-27)28-24(20-13-9-6-10-14-20)22(4-2)26(32)30(28)16-18-34-28/h5-14H,3-4,15-18H2,1-2H3. The van der Waals surface area contributed by atoms with Crippen LogP contribution in [0.3, 0.4) is 0 Å². The van der Waals surface area contributed by atoms with Crippen molar-refractivity contribution in [3.8, 4) is 0 Å². The quantitative estimate of drug-likeness (QED) is 0.574. The van der Waals surface area contributed by atoms with Crippen molar-refractivity contribution < 1.29 is 9.59 Å². The molecule has 6 heteroatoms. The van der Waals surface area contributed by atoms with E-state index < -0.39 is 9.74 Å². The molecule has 4 aliphatic heterocycles. The zero-order chi connectivity index (χ0) is 23.5. The van der Waals surface area contributed by atoms with Gasteiger partial charge in [-0.2, -0.15) is 0 Å². The van der Waals surface area contributed by atoms with Crippen LogP contribution in [0.2, 0.25) is 0 Å². The van der Waals surface area contributed by atoms with Crippen molar-refractivity contribution in [1.82, 2.24) is 9.80 Å². The van der Waals surface area contributed by atoms with Gasteiger partial charge in [0.25, 0.3) is 11.8 Å². The van der Waals surface area contributed by atoms with Crippen LogP contribution in [0.5, 0.6) is 0 Å². The van der Waals surface area contributed by atoms with Crippen molar-refractivity contribution in [1.29, 1.82) is 0 Å². The van der Waals surface area contributed by atoms with Crippen LogP contribution in [0.1, 0.15) is 37.8 Å². The van der Waals surface area contributed by atoms with Gasteiger partial charge >= 0.3 is 0 Å². The van der Waals surface area contributed by atoms with E-state index in [0.717, 1.165) is 44.9 Å². The lowest BCUT2D eigenvalue weighted by Crippen LogP contribution is -2.62. The summed E-state index contributed by atoms with van der Waals surface area (Å²) < 4.78 is 0. The molecule has 2 atom stereocenters. The van der Waals surface area contributed by atoms with E-state index in [-0.39, 0.29) is 11.8 Å². The monoisotopic (exact) mass is 488 g/mol. The van der Waals surface area contributed by atoms with Crippen LogP contribution in [0.4, 0.5) is 0 Å². The molecule has 0 aromatic heterocycles. The van der Waals surface area contributed by atoms with Crippen LogP contribution in [0.25, 0.3) is 11.1 Å². The van der Waals surface area contributed by atoms with Gasteiger partial charge in [-0.15, -0.1) is 23.5 Å². The van der Waals surface area contributed by atoms with Crippen LogP contribution in [-0.4, -0.2) is 56.0 Å². The van der Waals surface area contributed by atoms with Crippen LogP contribution in [-0.2, 0) is 9.59 Å². The van der Waals surface area contributed by atoms with Gasteiger partial charge in [-0.1, -0.05) is 74.5 Å². The number of fused-ring (bicyclic) bond motifs is 3. The molecule has 2 saturated heterocycles. The predicted molar refractivity (Wildman–Crippen MR) is 141 cm³/mol. The highest BCUT2D eigenvalue weighted by Gasteiger charge is 2.73. The molecule has 174 valence electrons. The van der Waals surface area contributed by atoms with Crippen molar-refractivity contribution in [2.45, 2.75) is 36.4 Å². The summed E-state index contributed by atoms with van der Waals surface area (Å²) in [6.07, 6.45) is 1.36. The second-order valence-corrected chi connectivity index (χ2v) is 11.6. The number of amides is 2. The molecule has 2 aromatic rings. The van der Waals surface area contributed by atoms with Crippen LogP contribution in [0, 0.1) is 0 Å². The van der Waals surface area contributed by atoms with Crippen LogP contribution in [0.15, 0.2) is 71.8 Å². The lowest BCUT2D eigenvalue weighted by molar-refractivity contribution is -0.132. The first kappa shape index (κ1) is 22.1. The van der Waals surface area contributed by atoms with Gasteiger partial charge in [-0.25, -0.2) is 0 Å². The minimum Gasteiger partial charge on any atom is -0.316 e. The zero-order valence-corrected chi connectivity index (χ0v) is 21.2. The minimum absolute atomic E-state index is 0.137. The Morgan fingerprint density at radius 3 is 1.41 bits per heavy atom. The third kappa shape index (κ3) is 2.59. The Balaban J connectivity index is 1.71. The third-order valence-electron chi connectivity index (χ3n) is 7.59. The molecule has 0 aliphatic carbocycles. The highest BCUT2D eigenvalue weighted by Crippen LogP contribution is 2.69. The maximum Gasteiger partial charge on any atom is 0.251 e. The molecule has 4 heterocycles. The van der Waals surface area contributed by atoms with E-state index in [1.807, 2.05) is 35.7 Å². The van der Waals surface area contributed by atoms with Crippen LogP contribution < -0.4 is 0 Å². The summed E-state index contributed by atoms with van der Waals surface area (Å²) in [5.41, 5.74) is 6.20. The summed E-state index contributed by atoms with van der Waals surface area (Å²) in [5, 5.41) is 0. The maximum absolute atomic E-state index is 14.0. The van der Waals surface area contributed by atoms with Gasteiger partial charge in [0.05, 0.1) is 0 Å². The highest BCUT2D eigenvalue weighted by molar-refractivity contribution is 8.05. The fraction of sp³-hybridized carbons (Fsp3) is 0.357. The van der Waals surface area contributed by atoms with Gasteiger partial charge < -0.3 is 9.80 Å². The topological polar surface area (TPSA) is 40.6 Å². The SMILES string of the molecule is CCC1=C(c2ccccc2)C2(C34SCCN3C(=O)C(CC)=C4c3ccccc3)SCCN2C1=O. The average molecular weight is 489 g/mol. The summed E-state index contributed by atoms with van der Waals surface area (Å²) in [4.78, 5) is 30.8. The van der Waals surface area contributed by atoms with E-state index in [1.54, 1.807) is 0 Å². The minimum atomic E-state index is -0.643. The second kappa shape index (κ2) is 8.06. The Labute approximate surface area is 209 Å².